The van der Waals surface area contributed by atoms with Crippen molar-refractivity contribution in [1.29, 1.82) is 0 Å². The first-order chi connectivity index (χ1) is 11.0. The minimum absolute atomic E-state index is 0.614. The van der Waals surface area contributed by atoms with Crippen LogP contribution in [0.1, 0.15) is 13.3 Å². The van der Waals surface area contributed by atoms with Gasteiger partial charge in [-0.05, 0) is 0 Å². The van der Waals surface area contributed by atoms with Crippen LogP contribution in [0, 0.1) is 0 Å². The van der Waals surface area contributed by atoms with Crippen LogP contribution in [0.15, 0.2) is 0 Å². The maximum absolute atomic E-state index is 11.1. The van der Waals surface area contributed by atoms with E-state index in [0.717, 1.165) is 33.0 Å². The third kappa shape index (κ3) is 6.56. The minimum atomic E-state index is -2.89. The molecule has 0 bridgehead atoms. The normalized spacial score (nSPS) is 31.9. The molecule has 24 heavy (non-hydrogen) atoms. The number of aliphatic carboxylic acids is 1. The molecule has 0 aromatic carbocycles. The summed E-state index contributed by atoms with van der Waals surface area (Å²) in [7, 11) is 0. The number of hydrogen-bond donors (Lipinski definition) is 6. The van der Waals surface area contributed by atoms with Crippen LogP contribution in [0.4, 0.5) is 0 Å². The van der Waals surface area contributed by atoms with Crippen molar-refractivity contribution in [2.45, 2.75) is 49.6 Å². The first-order valence-corrected chi connectivity index (χ1v) is 10.4. The van der Waals surface area contributed by atoms with E-state index >= 15 is 0 Å². The molecule has 1 rings (SSSR count). The number of rotatable bonds is 5. The molecular weight excluding hydrogens is 535 g/mol. The van der Waals surface area contributed by atoms with E-state index in [2.05, 4.69) is 17.5 Å². The molecule has 1 aliphatic heterocycles. The summed E-state index contributed by atoms with van der Waals surface area (Å²) >= 11 is 5.11. The van der Waals surface area contributed by atoms with E-state index < -0.39 is 61.1 Å². The van der Waals surface area contributed by atoms with Gasteiger partial charge in [-0.2, -0.15) is 0 Å². The summed E-state index contributed by atoms with van der Waals surface area (Å²) in [4.78, 5) is 22.0. The van der Waals surface area contributed by atoms with Crippen LogP contribution < -0.4 is 10.4 Å². The summed E-state index contributed by atoms with van der Waals surface area (Å²) in [6, 6.07) is -1.29. The van der Waals surface area contributed by atoms with Gasteiger partial charge in [0.25, 0.3) is 0 Å². The summed E-state index contributed by atoms with van der Waals surface area (Å²) in [5, 5.41) is 60.8. The van der Waals surface area contributed by atoms with Gasteiger partial charge < -0.3 is 45.5 Å². The van der Waals surface area contributed by atoms with Crippen LogP contribution in [0.25, 0.3) is 0 Å². The molecule has 0 aromatic rings. The van der Waals surface area contributed by atoms with E-state index in [1.165, 1.54) is 0 Å². The molecule has 0 aromatic heterocycles. The molecule has 6 N–H and O–H groups in total. The quantitative estimate of drug-likeness (QED) is 0.143. The van der Waals surface area contributed by atoms with Gasteiger partial charge in [0, 0.05) is 13.3 Å². The predicted molar refractivity (Wildman–Crippen MR) is 75.8 cm³/mol. The summed E-state index contributed by atoms with van der Waals surface area (Å²) in [6.07, 6.45) is -7.67. The number of amides is 1. The second-order valence-corrected chi connectivity index (χ2v) is 9.28. The fraction of sp³-hybridized carbons (Fsp3) is 0.750. The van der Waals surface area contributed by atoms with Crippen molar-refractivity contribution < 1.29 is 71.1 Å². The van der Waals surface area contributed by atoms with E-state index in [9.17, 15) is 35.1 Å². The number of carbonyl (C=O) groups is 2. The average Bonchev–Trinajstić information content (AvgIpc) is 2.48. The van der Waals surface area contributed by atoms with Crippen LogP contribution >= 0.6 is 12.2 Å². The fourth-order valence-corrected chi connectivity index (χ4v) is 2.13. The van der Waals surface area contributed by atoms with Gasteiger partial charge in [-0.1, -0.05) is 0 Å². The molecule has 134 valence electrons. The molecule has 1 aliphatic rings. The Kier molecular flexibility index (Phi) is 10.5. The topological polar surface area (TPSA) is 180 Å². The number of aliphatic hydroxyl groups is 5. The second kappa shape index (κ2) is 10.7. The summed E-state index contributed by atoms with van der Waals surface area (Å²) in [5.74, 6) is -5.55. The monoisotopic (exact) mass is 555 g/mol. The van der Waals surface area contributed by atoms with Gasteiger partial charge in [0.05, 0.1) is 18.8 Å². The van der Waals surface area contributed by atoms with E-state index in [1.54, 1.807) is 2.88 Å². The number of thiocarbonyl (C=S) groups is 1. The molecule has 0 saturated carbocycles. The van der Waals surface area contributed by atoms with Crippen LogP contribution in [0.2, 0.25) is 0 Å². The molecule has 1 saturated heterocycles. The van der Waals surface area contributed by atoms with Gasteiger partial charge in [0.1, 0.15) is 24.3 Å². The van der Waals surface area contributed by atoms with Gasteiger partial charge in [0.2, 0.25) is 11.7 Å². The first kappa shape index (κ1) is 23.7. The Morgan fingerprint density at radius 3 is 2.42 bits per heavy atom. The van der Waals surface area contributed by atoms with E-state index in [4.69, 9.17) is 9.84 Å². The van der Waals surface area contributed by atoms with E-state index in [1.807, 2.05) is 0 Å². The van der Waals surface area contributed by atoms with Crippen molar-refractivity contribution in [2.75, 3.05) is 6.61 Å². The zero-order valence-corrected chi connectivity index (χ0v) is 19.2. The molecule has 12 heteroatoms. The van der Waals surface area contributed by atoms with E-state index in [0.29, 0.717) is 0 Å². The van der Waals surface area contributed by atoms with Gasteiger partial charge in [-0.25, -0.2) is 0 Å². The van der Waals surface area contributed by atoms with E-state index in [-0.39, 0.29) is 0 Å². The number of carbonyl (C=O) groups excluding carboxylic acids is 2. The molecule has 0 radical (unpaired) electrons. The number of ether oxygens (including phenoxy) is 1. The van der Waals surface area contributed by atoms with Crippen LogP contribution in [0.3, 0.4) is 0 Å². The third-order valence-corrected chi connectivity index (χ3v) is 3.19. The molecule has 1 heterocycles. The third-order valence-electron chi connectivity index (χ3n) is 3.19. The molecule has 6 atom stereocenters. The van der Waals surface area contributed by atoms with Gasteiger partial charge >= 0.3 is 41.2 Å². The summed E-state index contributed by atoms with van der Waals surface area (Å²) in [6.45, 7) is 0.228. The molecule has 0 unspecified atom stereocenters. The van der Waals surface area contributed by atoms with Crippen LogP contribution in [0.5, 0.6) is 0 Å². The number of aliphatic hydroxyl groups excluding tert-OH is 4. The standard InChI is InChI=1S/C11H19NO9.CHS.Hg/c1-4(14)12-7-5(15)2-11(20,10(18)19)21-9(7)8(17)6(16)3-13;1-2;/h5-9,13,15-17,20H,2-3H2,1H3,(H,12,14)(H,18,19);1H;/q;;+1/p-1/t5-,6+,7+,8+,9+,11-;;/m0../s1. The fourth-order valence-electron chi connectivity index (χ4n) is 2.13. The first-order valence-electron chi connectivity index (χ1n) is 6.80. The Hall–Kier alpha value is -0.275. The zero-order chi connectivity index (χ0) is 19.1. The average molecular weight is 554 g/mol. The Morgan fingerprint density at radius 2 is 2.04 bits per heavy atom. The van der Waals surface area contributed by atoms with Crippen LogP contribution in [-0.4, -0.2) is 83.1 Å². The zero-order valence-electron chi connectivity index (χ0n) is 12.9. The van der Waals surface area contributed by atoms with Crippen molar-refractivity contribution in [1.82, 2.24) is 5.32 Å². The Labute approximate surface area is 159 Å². The summed E-state index contributed by atoms with van der Waals surface area (Å²) < 4.78 is 6.58. The maximum atomic E-state index is 11.1. The van der Waals surface area contributed by atoms with Gasteiger partial charge in [-0.15, -0.1) is 0 Å². The Morgan fingerprint density at radius 1 is 1.54 bits per heavy atom. The van der Waals surface area contributed by atoms with Gasteiger partial charge in [0.15, 0.2) is 0 Å². The van der Waals surface area contributed by atoms with Crippen molar-refractivity contribution in [2.24, 2.45) is 0 Å². The van der Waals surface area contributed by atoms with Crippen molar-refractivity contribution in [3.05, 3.63) is 0 Å². The predicted octanol–water partition coefficient (Wildman–Crippen LogP) is -4.72. The van der Waals surface area contributed by atoms with Crippen molar-refractivity contribution in [3.8, 4) is 0 Å². The number of carboxylic acid groups (broad SMARTS) is 1. The van der Waals surface area contributed by atoms with Gasteiger partial charge in [-0.3, -0.25) is 4.79 Å². The SMILES string of the molecule is CC(=O)N[C@H]1[C@H]([C@H](O)[C@H](O)CO)O[C@](O)(C(=O)[O-])C[C@@H]1O.S=[CH][Hg+]. The number of carboxylic acids is 1. The van der Waals surface area contributed by atoms with Crippen molar-refractivity contribution >= 4 is 27.0 Å². The Bertz CT molecular complexity index is 454. The Balaban J connectivity index is 0.00000163. The van der Waals surface area contributed by atoms with Crippen molar-refractivity contribution in [3.63, 3.8) is 0 Å². The number of hydrogen-bond acceptors (Lipinski definition) is 10. The molecule has 10 nitrogen and oxygen atoms in total. The number of nitrogens with one attached hydrogen (secondary N) is 1. The molecule has 0 spiro atoms. The molecule has 1 amide bonds. The second-order valence-electron chi connectivity index (χ2n) is 5.06. The molecular formula is C12H19HgNO9S. The summed E-state index contributed by atoms with van der Waals surface area (Å²) in [5.41, 5.74) is 0. The molecule has 0 aliphatic carbocycles. The molecule has 1 fully saturated rings. The van der Waals surface area contributed by atoms with Crippen LogP contribution in [-0.2, 0) is 40.4 Å².